The minimum absolute atomic E-state index is 0.0195. The van der Waals surface area contributed by atoms with Crippen LogP contribution in [0.1, 0.15) is 36.7 Å². The molecule has 2 heterocycles. The number of oxazole rings is 1. The molecule has 0 amide bonds. The van der Waals surface area contributed by atoms with Gasteiger partial charge in [-0.15, -0.1) is 0 Å². The average molecular weight is 224 g/mol. The zero-order valence-corrected chi connectivity index (χ0v) is 9.35. The first kappa shape index (κ1) is 11.0. The van der Waals surface area contributed by atoms with Gasteiger partial charge in [0.1, 0.15) is 6.26 Å². The van der Waals surface area contributed by atoms with E-state index in [-0.39, 0.29) is 5.69 Å². The molecule has 1 aromatic rings. The summed E-state index contributed by atoms with van der Waals surface area (Å²) in [6, 6.07) is 0.441. The quantitative estimate of drug-likeness (QED) is 0.847. The average Bonchev–Trinajstić information content (AvgIpc) is 2.84. The number of aromatic carboxylic acids is 1. The van der Waals surface area contributed by atoms with Gasteiger partial charge >= 0.3 is 5.97 Å². The molecule has 1 aromatic heterocycles. The molecule has 1 aliphatic heterocycles. The molecule has 2 rings (SSSR count). The van der Waals surface area contributed by atoms with E-state index in [0.717, 1.165) is 19.5 Å². The molecule has 0 bridgehead atoms. The molecule has 1 aliphatic rings. The highest BCUT2D eigenvalue weighted by atomic mass is 16.4. The summed E-state index contributed by atoms with van der Waals surface area (Å²) in [7, 11) is 0. The van der Waals surface area contributed by atoms with Crippen molar-refractivity contribution < 1.29 is 14.3 Å². The Morgan fingerprint density at radius 3 is 3.19 bits per heavy atom. The third kappa shape index (κ3) is 2.18. The first-order valence-electron chi connectivity index (χ1n) is 5.64. The fraction of sp³-hybridized carbons (Fsp3) is 0.636. The summed E-state index contributed by atoms with van der Waals surface area (Å²) in [6.45, 7) is 4.01. The van der Waals surface area contributed by atoms with Crippen LogP contribution in [0.25, 0.3) is 0 Å². The molecule has 16 heavy (non-hydrogen) atoms. The monoisotopic (exact) mass is 224 g/mol. The van der Waals surface area contributed by atoms with Crippen molar-refractivity contribution in [2.45, 2.75) is 26.2 Å². The second-order valence-electron chi connectivity index (χ2n) is 4.21. The topological polar surface area (TPSA) is 66.6 Å². The predicted octanol–water partition coefficient (Wildman–Crippen LogP) is 2.00. The lowest BCUT2D eigenvalue weighted by atomic mass is 10.0. The van der Waals surface area contributed by atoms with Crippen LogP contribution in [-0.4, -0.2) is 29.1 Å². The molecule has 88 valence electrons. The minimum Gasteiger partial charge on any atom is -0.476 e. The molecule has 5 nitrogen and oxygen atoms in total. The van der Waals surface area contributed by atoms with Crippen LogP contribution in [0.2, 0.25) is 0 Å². The lowest BCUT2D eigenvalue weighted by Crippen LogP contribution is -2.20. The van der Waals surface area contributed by atoms with Crippen molar-refractivity contribution in [1.29, 1.82) is 0 Å². The lowest BCUT2D eigenvalue weighted by molar-refractivity contribution is 0.0690. The molecule has 0 aliphatic carbocycles. The maximum atomic E-state index is 10.7. The van der Waals surface area contributed by atoms with Gasteiger partial charge in [-0.3, -0.25) is 0 Å². The number of anilines is 1. The standard InChI is InChI=1S/C11H16N2O3/c1-2-3-8-4-5-13(6-8)11-12-9(7-16-11)10(14)15/h7-8H,2-6H2,1H3,(H,14,15)/t8-/m0/s1. The number of hydrogen-bond donors (Lipinski definition) is 1. The maximum absolute atomic E-state index is 10.7. The van der Waals surface area contributed by atoms with Gasteiger partial charge in [-0.1, -0.05) is 13.3 Å². The highest BCUT2D eigenvalue weighted by molar-refractivity contribution is 5.85. The van der Waals surface area contributed by atoms with Crippen molar-refractivity contribution in [3.8, 4) is 0 Å². The van der Waals surface area contributed by atoms with Crippen molar-refractivity contribution in [3.05, 3.63) is 12.0 Å². The highest BCUT2D eigenvalue weighted by Crippen LogP contribution is 2.25. The Labute approximate surface area is 94.1 Å². The number of carboxylic acids is 1. The smallest absolute Gasteiger partial charge is 0.357 e. The Hall–Kier alpha value is -1.52. The van der Waals surface area contributed by atoms with Gasteiger partial charge in [0.2, 0.25) is 0 Å². The van der Waals surface area contributed by atoms with Crippen molar-refractivity contribution in [2.75, 3.05) is 18.0 Å². The predicted molar refractivity (Wildman–Crippen MR) is 58.7 cm³/mol. The number of nitrogens with zero attached hydrogens (tertiary/aromatic N) is 2. The van der Waals surface area contributed by atoms with Crippen molar-refractivity contribution >= 4 is 12.0 Å². The van der Waals surface area contributed by atoms with Crippen LogP contribution >= 0.6 is 0 Å². The third-order valence-electron chi connectivity index (χ3n) is 2.96. The molecular formula is C11H16N2O3. The van der Waals surface area contributed by atoms with Crippen LogP contribution in [0.3, 0.4) is 0 Å². The van der Waals surface area contributed by atoms with E-state index in [1.54, 1.807) is 0 Å². The summed E-state index contributed by atoms with van der Waals surface area (Å²) in [5, 5.41) is 8.74. The minimum atomic E-state index is -1.04. The summed E-state index contributed by atoms with van der Waals surface area (Å²) >= 11 is 0. The number of aromatic nitrogens is 1. The molecule has 1 N–H and O–H groups in total. The number of rotatable bonds is 4. The Morgan fingerprint density at radius 1 is 1.75 bits per heavy atom. The van der Waals surface area contributed by atoms with E-state index >= 15 is 0 Å². The van der Waals surface area contributed by atoms with Gasteiger partial charge in [0.25, 0.3) is 6.01 Å². The molecule has 1 saturated heterocycles. The lowest BCUT2D eigenvalue weighted by Gasteiger charge is -2.12. The molecule has 0 radical (unpaired) electrons. The van der Waals surface area contributed by atoms with Crippen LogP contribution < -0.4 is 4.90 Å². The Kier molecular flexibility index (Phi) is 3.12. The summed E-state index contributed by atoms with van der Waals surface area (Å²) in [5.41, 5.74) is -0.0195. The molecular weight excluding hydrogens is 208 g/mol. The normalized spacial score (nSPS) is 20.3. The van der Waals surface area contributed by atoms with Crippen LogP contribution in [0.15, 0.2) is 10.7 Å². The summed E-state index contributed by atoms with van der Waals surface area (Å²) in [4.78, 5) is 16.6. The van der Waals surface area contributed by atoms with Gasteiger partial charge in [-0.25, -0.2) is 4.79 Å². The SMILES string of the molecule is CCC[C@H]1CCN(c2nc(C(=O)O)co2)C1. The van der Waals surface area contributed by atoms with E-state index in [9.17, 15) is 4.79 Å². The zero-order chi connectivity index (χ0) is 11.5. The van der Waals surface area contributed by atoms with Crippen LogP contribution in [0.4, 0.5) is 6.01 Å². The largest absolute Gasteiger partial charge is 0.476 e. The fourth-order valence-electron chi connectivity index (χ4n) is 2.16. The number of carbonyl (C=O) groups is 1. The molecule has 0 unspecified atom stereocenters. The van der Waals surface area contributed by atoms with E-state index in [4.69, 9.17) is 9.52 Å². The van der Waals surface area contributed by atoms with Crippen molar-refractivity contribution in [2.24, 2.45) is 5.92 Å². The first-order chi connectivity index (χ1) is 7.70. The zero-order valence-electron chi connectivity index (χ0n) is 9.35. The van der Waals surface area contributed by atoms with Crippen LogP contribution in [0, 0.1) is 5.92 Å². The van der Waals surface area contributed by atoms with E-state index in [1.807, 2.05) is 4.90 Å². The van der Waals surface area contributed by atoms with Gasteiger partial charge in [0.05, 0.1) is 0 Å². The molecule has 0 saturated carbocycles. The van der Waals surface area contributed by atoms with Gasteiger partial charge in [0.15, 0.2) is 5.69 Å². The van der Waals surface area contributed by atoms with E-state index in [2.05, 4.69) is 11.9 Å². The summed E-state index contributed by atoms with van der Waals surface area (Å²) in [5.74, 6) is -0.357. The van der Waals surface area contributed by atoms with Crippen LogP contribution in [-0.2, 0) is 0 Å². The molecule has 0 spiro atoms. The first-order valence-corrected chi connectivity index (χ1v) is 5.64. The van der Waals surface area contributed by atoms with Crippen molar-refractivity contribution in [3.63, 3.8) is 0 Å². The highest BCUT2D eigenvalue weighted by Gasteiger charge is 2.25. The molecule has 1 fully saturated rings. The van der Waals surface area contributed by atoms with Gasteiger partial charge in [0, 0.05) is 13.1 Å². The van der Waals surface area contributed by atoms with E-state index in [1.165, 1.54) is 19.1 Å². The maximum Gasteiger partial charge on any atom is 0.357 e. The Morgan fingerprint density at radius 2 is 2.56 bits per heavy atom. The Bertz CT molecular complexity index is 375. The van der Waals surface area contributed by atoms with Gasteiger partial charge < -0.3 is 14.4 Å². The van der Waals surface area contributed by atoms with E-state index in [0.29, 0.717) is 11.9 Å². The second-order valence-corrected chi connectivity index (χ2v) is 4.21. The summed E-state index contributed by atoms with van der Waals surface area (Å²) < 4.78 is 5.17. The van der Waals surface area contributed by atoms with Gasteiger partial charge in [-0.2, -0.15) is 4.98 Å². The summed E-state index contributed by atoms with van der Waals surface area (Å²) in [6.07, 6.45) is 4.73. The number of hydrogen-bond acceptors (Lipinski definition) is 4. The van der Waals surface area contributed by atoms with Crippen LogP contribution in [0.5, 0.6) is 0 Å². The Balaban J connectivity index is 2.00. The molecule has 0 aromatic carbocycles. The third-order valence-corrected chi connectivity index (χ3v) is 2.96. The number of carboxylic acid groups (broad SMARTS) is 1. The van der Waals surface area contributed by atoms with Gasteiger partial charge in [-0.05, 0) is 18.8 Å². The molecule has 1 atom stereocenters. The fourth-order valence-corrected chi connectivity index (χ4v) is 2.16. The van der Waals surface area contributed by atoms with E-state index < -0.39 is 5.97 Å². The van der Waals surface area contributed by atoms with Crippen molar-refractivity contribution in [1.82, 2.24) is 4.98 Å². The second kappa shape index (κ2) is 4.55. The molecule has 5 heteroatoms.